The third kappa shape index (κ3) is 4.93. The summed E-state index contributed by atoms with van der Waals surface area (Å²) in [5.74, 6) is 0.544. The molecule has 0 unspecified atom stereocenters. The molecule has 0 bridgehead atoms. The van der Waals surface area contributed by atoms with Gasteiger partial charge in [-0.3, -0.25) is 14.6 Å². The standard InChI is InChI=1S/C19H29N3O3/c1-24-18-4-2-15(3-5-18)12-21-8-9-22(14-16(13-21)19(20)23)17-6-10-25-11-7-17/h2-5,16-17H,6-14H2,1H3,(H2,20,23)/t16-/m1/s1. The highest BCUT2D eigenvalue weighted by Gasteiger charge is 2.30. The molecule has 2 heterocycles. The first-order chi connectivity index (χ1) is 12.2. The number of ether oxygens (including phenoxy) is 2. The van der Waals surface area contributed by atoms with E-state index in [1.807, 2.05) is 12.1 Å². The molecule has 6 nitrogen and oxygen atoms in total. The van der Waals surface area contributed by atoms with E-state index in [-0.39, 0.29) is 11.8 Å². The average Bonchev–Trinajstić information content (AvgIpc) is 2.86. The fourth-order valence-corrected chi connectivity index (χ4v) is 3.80. The summed E-state index contributed by atoms with van der Waals surface area (Å²) in [6.07, 6.45) is 2.09. The monoisotopic (exact) mass is 347 g/mol. The van der Waals surface area contributed by atoms with Gasteiger partial charge in [-0.05, 0) is 30.5 Å². The largest absolute Gasteiger partial charge is 0.497 e. The lowest BCUT2D eigenvalue weighted by atomic mass is 10.0. The highest BCUT2D eigenvalue weighted by Crippen LogP contribution is 2.20. The third-order valence-electron chi connectivity index (χ3n) is 5.31. The second kappa shape index (κ2) is 8.65. The smallest absolute Gasteiger partial charge is 0.223 e. The van der Waals surface area contributed by atoms with Crippen LogP contribution in [0, 0.1) is 5.92 Å². The van der Waals surface area contributed by atoms with E-state index in [2.05, 4.69) is 21.9 Å². The van der Waals surface area contributed by atoms with Crippen LogP contribution in [0.3, 0.4) is 0 Å². The highest BCUT2D eigenvalue weighted by atomic mass is 16.5. The Balaban J connectivity index is 1.65. The molecule has 1 amide bonds. The van der Waals surface area contributed by atoms with Crippen LogP contribution in [-0.4, -0.2) is 68.3 Å². The van der Waals surface area contributed by atoms with Gasteiger partial charge in [-0.15, -0.1) is 0 Å². The number of amides is 1. The summed E-state index contributed by atoms with van der Waals surface area (Å²) in [5.41, 5.74) is 6.91. The van der Waals surface area contributed by atoms with Crippen molar-refractivity contribution in [2.75, 3.05) is 46.5 Å². The molecule has 2 aliphatic heterocycles. The van der Waals surface area contributed by atoms with Crippen molar-refractivity contribution in [3.63, 3.8) is 0 Å². The van der Waals surface area contributed by atoms with Crippen LogP contribution in [0.15, 0.2) is 24.3 Å². The molecule has 2 saturated heterocycles. The van der Waals surface area contributed by atoms with E-state index < -0.39 is 0 Å². The van der Waals surface area contributed by atoms with E-state index in [1.165, 1.54) is 5.56 Å². The van der Waals surface area contributed by atoms with Crippen LogP contribution in [0.5, 0.6) is 5.75 Å². The minimum absolute atomic E-state index is 0.122. The maximum absolute atomic E-state index is 11.9. The molecule has 0 aromatic heterocycles. The molecule has 0 spiro atoms. The molecule has 1 atom stereocenters. The van der Waals surface area contributed by atoms with Crippen molar-refractivity contribution in [3.8, 4) is 5.75 Å². The van der Waals surface area contributed by atoms with Gasteiger partial charge in [-0.25, -0.2) is 0 Å². The Labute approximate surface area is 149 Å². The predicted molar refractivity (Wildman–Crippen MR) is 96.4 cm³/mol. The molecule has 0 saturated carbocycles. The van der Waals surface area contributed by atoms with Gasteiger partial charge in [-0.2, -0.15) is 0 Å². The number of benzene rings is 1. The van der Waals surface area contributed by atoms with Crippen molar-refractivity contribution in [1.82, 2.24) is 9.80 Å². The predicted octanol–water partition coefficient (Wildman–Crippen LogP) is 1.09. The molecule has 25 heavy (non-hydrogen) atoms. The number of rotatable bonds is 5. The van der Waals surface area contributed by atoms with Crippen LogP contribution < -0.4 is 10.5 Å². The minimum Gasteiger partial charge on any atom is -0.497 e. The van der Waals surface area contributed by atoms with Gasteiger partial charge in [0.05, 0.1) is 13.0 Å². The quantitative estimate of drug-likeness (QED) is 0.864. The molecule has 2 fully saturated rings. The Kier molecular flexibility index (Phi) is 6.29. The maximum Gasteiger partial charge on any atom is 0.223 e. The number of nitrogens with two attached hydrogens (primary N) is 1. The number of methoxy groups -OCH3 is 1. The van der Waals surface area contributed by atoms with Crippen LogP contribution in [-0.2, 0) is 16.1 Å². The first kappa shape index (κ1) is 18.2. The van der Waals surface area contributed by atoms with Crippen molar-refractivity contribution >= 4 is 5.91 Å². The van der Waals surface area contributed by atoms with Gasteiger partial charge >= 0.3 is 0 Å². The lowest BCUT2D eigenvalue weighted by Crippen LogP contribution is -2.44. The molecule has 1 aromatic rings. The lowest BCUT2D eigenvalue weighted by Gasteiger charge is -2.34. The van der Waals surface area contributed by atoms with Gasteiger partial charge < -0.3 is 15.2 Å². The summed E-state index contributed by atoms with van der Waals surface area (Å²) >= 11 is 0. The first-order valence-electron chi connectivity index (χ1n) is 9.12. The molecular weight excluding hydrogens is 318 g/mol. The summed E-state index contributed by atoms with van der Waals surface area (Å²) in [7, 11) is 1.67. The second-order valence-electron chi connectivity index (χ2n) is 7.02. The van der Waals surface area contributed by atoms with Gasteiger partial charge in [0.25, 0.3) is 0 Å². The molecule has 3 rings (SSSR count). The topological polar surface area (TPSA) is 68.0 Å². The van der Waals surface area contributed by atoms with E-state index >= 15 is 0 Å². The Morgan fingerprint density at radius 3 is 2.56 bits per heavy atom. The zero-order valence-corrected chi connectivity index (χ0v) is 15.0. The molecular formula is C19H29N3O3. The SMILES string of the molecule is COc1ccc(CN2CCN(C3CCOCC3)C[C@H](C(N)=O)C2)cc1. The summed E-state index contributed by atoms with van der Waals surface area (Å²) in [6, 6.07) is 8.63. The molecule has 6 heteroatoms. The van der Waals surface area contributed by atoms with E-state index in [1.54, 1.807) is 7.11 Å². The van der Waals surface area contributed by atoms with Crippen molar-refractivity contribution in [2.45, 2.75) is 25.4 Å². The second-order valence-corrected chi connectivity index (χ2v) is 7.02. The zero-order chi connectivity index (χ0) is 17.6. The normalized spacial score (nSPS) is 24.0. The van der Waals surface area contributed by atoms with E-state index in [0.717, 1.165) is 64.5 Å². The summed E-state index contributed by atoms with van der Waals surface area (Å²) in [4.78, 5) is 16.7. The number of hydrogen-bond donors (Lipinski definition) is 1. The number of hydrogen-bond acceptors (Lipinski definition) is 5. The van der Waals surface area contributed by atoms with E-state index in [4.69, 9.17) is 15.2 Å². The van der Waals surface area contributed by atoms with Crippen molar-refractivity contribution in [2.24, 2.45) is 11.7 Å². The van der Waals surface area contributed by atoms with Crippen LogP contribution in [0.1, 0.15) is 18.4 Å². The Bertz CT molecular complexity index is 558. The van der Waals surface area contributed by atoms with Gasteiger partial charge in [0.2, 0.25) is 5.91 Å². The molecule has 2 aliphatic rings. The number of nitrogens with zero attached hydrogens (tertiary/aromatic N) is 2. The average molecular weight is 347 g/mol. The molecule has 1 aromatic carbocycles. The van der Waals surface area contributed by atoms with Crippen molar-refractivity contribution < 1.29 is 14.3 Å². The Morgan fingerprint density at radius 1 is 1.20 bits per heavy atom. The van der Waals surface area contributed by atoms with Crippen LogP contribution in [0.2, 0.25) is 0 Å². The van der Waals surface area contributed by atoms with Crippen molar-refractivity contribution in [1.29, 1.82) is 0 Å². The zero-order valence-electron chi connectivity index (χ0n) is 15.0. The Morgan fingerprint density at radius 2 is 1.92 bits per heavy atom. The van der Waals surface area contributed by atoms with Gasteiger partial charge in [-0.1, -0.05) is 12.1 Å². The molecule has 2 N–H and O–H groups in total. The van der Waals surface area contributed by atoms with E-state index in [0.29, 0.717) is 6.04 Å². The van der Waals surface area contributed by atoms with Gasteiger partial charge in [0.15, 0.2) is 0 Å². The van der Waals surface area contributed by atoms with Crippen LogP contribution >= 0.6 is 0 Å². The number of primary amides is 1. The van der Waals surface area contributed by atoms with E-state index in [9.17, 15) is 4.79 Å². The summed E-state index contributed by atoms with van der Waals surface area (Å²) in [5, 5.41) is 0. The van der Waals surface area contributed by atoms with Crippen LogP contribution in [0.25, 0.3) is 0 Å². The van der Waals surface area contributed by atoms with Gasteiger partial charge in [0.1, 0.15) is 5.75 Å². The minimum atomic E-state index is -0.196. The Hall–Kier alpha value is -1.63. The first-order valence-corrected chi connectivity index (χ1v) is 9.12. The number of carbonyl (C=O) groups excluding carboxylic acids is 1. The molecule has 0 aliphatic carbocycles. The fraction of sp³-hybridized carbons (Fsp3) is 0.632. The lowest BCUT2D eigenvalue weighted by molar-refractivity contribution is -0.122. The number of carbonyl (C=O) groups is 1. The molecule has 138 valence electrons. The summed E-state index contributed by atoms with van der Waals surface area (Å²) in [6.45, 7) is 5.88. The fourth-order valence-electron chi connectivity index (χ4n) is 3.80. The van der Waals surface area contributed by atoms with Gasteiger partial charge in [0, 0.05) is 52.0 Å². The highest BCUT2D eigenvalue weighted by molar-refractivity contribution is 5.77. The maximum atomic E-state index is 11.9. The van der Waals surface area contributed by atoms with Crippen LogP contribution in [0.4, 0.5) is 0 Å². The van der Waals surface area contributed by atoms with Crippen molar-refractivity contribution in [3.05, 3.63) is 29.8 Å². The molecule has 0 radical (unpaired) electrons. The summed E-state index contributed by atoms with van der Waals surface area (Å²) < 4.78 is 10.7. The third-order valence-corrected chi connectivity index (χ3v) is 5.31.